The zero-order valence-corrected chi connectivity index (χ0v) is 14.0. The minimum Gasteiger partial charge on any atom is -0.480 e. The molecule has 130 valence electrons. The third-order valence-corrected chi connectivity index (χ3v) is 4.56. The molecule has 0 saturated carbocycles. The maximum absolute atomic E-state index is 12.5. The van der Waals surface area contributed by atoms with Gasteiger partial charge in [0.2, 0.25) is 5.95 Å². The number of anilines is 1. The molecular weight excluding hydrogens is 314 g/mol. The zero-order chi connectivity index (χ0) is 17.6. The quantitative estimate of drug-likeness (QED) is 0.830. The molecule has 0 aliphatic carbocycles. The highest BCUT2D eigenvalue weighted by atomic mass is 16.4. The molecular formula is C15H21N5O4. The molecule has 9 heteroatoms. The summed E-state index contributed by atoms with van der Waals surface area (Å²) in [5.74, 6) is -0.155. The summed E-state index contributed by atoms with van der Waals surface area (Å²) in [6.45, 7) is 3.26. The van der Waals surface area contributed by atoms with E-state index in [2.05, 4.69) is 11.9 Å². The van der Waals surface area contributed by atoms with Gasteiger partial charge in [-0.25, -0.2) is 4.79 Å². The number of hydrogen-bond acceptors (Lipinski definition) is 5. The topological polar surface area (TPSA) is 102 Å². The number of carbonyl (C=O) groups is 1. The largest absolute Gasteiger partial charge is 0.480 e. The highest BCUT2D eigenvalue weighted by Crippen LogP contribution is 2.25. The van der Waals surface area contributed by atoms with Gasteiger partial charge in [-0.3, -0.25) is 23.3 Å². The van der Waals surface area contributed by atoms with Gasteiger partial charge in [-0.15, -0.1) is 0 Å². The van der Waals surface area contributed by atoms with Crippen molar-refractivity contribution < 1.29 is 9.90 Å². The summed E-state index contributed by atoms with van der Waals surface area (Å²) in [5, 5.41) is 9.26. The molecule has 1 atom stereocenters. The van der Waals surface area contributed by atoms with Crippen LogP contribution in [0, 0.1) is 5.92 Å². The van der Waals surface area contributed by atoms with E-state index < -0.39 is 17.2 Å². The summed E-state index contributed by atoms with van der Waals surface area (Å²) in [5.41, 5.74) is -0.642. The molecule has 1 saturated heterocycles. The molecule has 9 nitrogen and oxygen atoms in total. The Bertz CT molecular complexity index is 923. The molecule has 24 heavy (non-hydrogen) atoms. The fraction of sp³-hybridized carbons (Fsp3) is 0.600. The van der Waals surface area contributed by atoms with Crippen molar-refractivity contribution in [3.8, 4) is 0 Å². The molecule has 0 unspecified atom stereocenters. The summed E-state index contributed by atoms with van der Waals surface area (Å²) in [7, 11) is 2.91. The maximum atomic E-state index is 12.5. The van der Waals surface area contributed by atoms with Gasteiger partial charge in [0.15, 0.2) is 11.2 Å². The monoisotopic (exact) mass is 335 g/mol. The fourth-order valence-electron chi connectivity index (χ4n) is 3.33. The van der Waals surface area contributed by atoms with Gasteiger partial charge in [0.1, 0.15) is 6.54 Å². The number of aryl methyl sites for hydroxylation is 1. The fourth-order valence-corrected chi connectivity index (χ4v) is 3.33. The number of hydrogen-bond donors (Lipinski definition) is 1. The van der Waals surface area contributed by atoms with Crippen LogP contribution in [0.25, 0.3) is 11.2 Å². The molecule has 1 N–H and O–H groups in total. The standard InChI is InChI=1S/C15H21N5O4/c1-9-5-4-6-19(7-9)14-16-12-11(20(14)8-10(21)22)13(23)18(3)15(24)17(12)2/h9H,4-8H2,1-3H3,(H,21,22)/t9-/m0/s1. The first kappa shape index (κ1) is 16.3. The van der Waals surface area contributed by atoms with Gasteiger partial charge in [-0.1, -0.05) is 6.92 Å². The molecule has 0 spiro atoms. The van der Waals surface area contributed by atoms with Crippen LogP contribution in [-0.2, 0) is 25.4 Å². The average Bonchev–Trinajstić information content (AvgIpc) is 2.89. The lowest BCUT2D eigenvalue weighted by molar-refractivity contribution is -0.137. The molecule has 0 amide bonds. The van der Waals surface area contributed by atoms with E-state index in [1.807, 2.05) is 4.90 Å². The van der Waals surface area contributed by atoms with Crippen LogP contribution >= 0.6 is 0 Å². The van der Waals surface area contributed by atoms with Crippen molar-refractivity contribution in [2.45, 2.75) is 26.3 Å². The molecule has 1 aliphatic rings. The molecule has 0 bridgehead atoms. The first-order valence-corrected chi connectivity index (χ1v) is 7.94. The number of rotatable bonds is 3. The number of aromatic nitrogens is 4. The van der Waals surface area contributed by atoms with E-state index in [-0.39, 0.29) is 17.7 Å². The Labute approximate surface area is 137 Å². The Kier molecular flexibility index (Phi) is 3.94. The van der Waals surface area contributed by atoms with Crippen molar-refractivity contribution in [2.75, 3.05) is 18.0 Å². The van der Waals surface area contributed by atoms with Gasteiger partial charge in [0.25, 0.3) is 5.56 Å². The van der Waals surface area contributed by atoms with Crippen LogP contribution in [0.4, 0.5) is 5.95 Å². The summed E-state index contributed by atoms with van der Waals surface area (Å²) >= 11 is 0. The minimum atomic E-state index is -1.06. The highest BCUT2D eigenvalue weighted by Gasteiger charge is 2.26. The van der Waals surface area contributed by atoms with Crippen LogP contribution < -0.4 is 16.1 Å². The number of fused-ring (bicyclic) bond motifs is 1. The lowest BCUT2D eigenvalue weighted by atomic mass is 10.0. The molecule has 0 aromatic carbocycles. The number of aliphatic carboxylic acids is 1. The Balaban J connectivity index is 2.31. The minimum absolute atomic E-state index is 0.148. The molecule has 0 radical (unpaired) electrons. The van der Waals surface area contributed by atoms with E-state index in [1.165, 1.54) is 23.2 Å². The molecule has 2 aromatic heterocycles. The predicted molar refractivity (Wildman–Crippen MR) is 88.5 cm³/mol. The smallest absolute Gasteiger partial charge is 0.332 e. The van der Waals surface area contributed by atoms with Crippen LogP contribution in [0.1, 0.15) is 19.8 Å². The molecule has 1 aliphatic heterocycles. The third-order valence-electron chi connectivity index (χ3n) is 4.56. The normalized spacial score (nSPS) is 18.3. The second kappa shape index (κ2) is 5.81. The Morgan fingerprint density at radius 1 is 1.29 bits per heavy atom. The maximum Gasteiger partial charge on any atom is 0.332 e. The Hall–Kier alpha value is -2.58. The first-order valence-electron chi connectivity index (χ1n) is 7.94. The summed E-state index contributed by atoms with van der Waals surface area (Å²) < 4.78 is 3.68. The number of nitrogens with zero attached hydrogens (tertiary/aromatic N) is 5. The summed E-state index contributed by atoms with van der Waals surface area (Å²) in [6, 6.07) is 0. The Morgan fingerprint density at radius 2 is 2.00 bits per heavy atom. The van der Waals surface area contributed by atoms with Crippen molar-refractivity contribution >= 4 is 23.1 Å². The molecule has 1 fully saturated rings. The molecule has 3 heterocycles. The van der Waals surface area contributed by atoms with Gasteiger partial charge in [0.05, 0.1) is 0 Å². The Morgan fingerprint density at radius 3 is 2.62 bits per heavy atom. The SMILES string of the molecule is C[C@H]1CCCN(c2nc3c(c(=O)n(C)c(=O)n3C)n2CC(=O)O)C1. The molecule has 3 rings (SSSR count). The van der Waals surface area contributed by atoms with Gasteiger partial charge in [0, 0.05) is 27.2 Å². The van der Waals surface area contributed by atoms with Crippen LogP contribution in [0.3, 0.4) is 0 Å². The lowest BCUT2D eigenvalue weighted by Crippen LogP contribution is -2.38. The van der Waals surface area contributed by atoms with E-state index >= 15 is 0 Å². The van der Waals surface area contributed by atoms with E-state index in [9.17, 15) is 19.5 Å². The van der Waals surface area contributed by atoms with E-state index in [4.69, 9.17) is 0 Å². The highest BCUT2D eigenvalue weighted by molar-refractivity contribution is 5.78. The van der Waals surface area contributed by atoms with Crippen molar-refractivity contribution in [1.82, 2.24) is 18.7 Å². The van der Waals surface area contributed by atoms with Crippen molar-refractivity contribution in [2.24, 2.45) is 20.0 Å². The van der Waals surface area contributed by atoms with Crippen LogP contribution in [0.2, 0.25) is 0 Å². The first-order chi connectivity index (χ1) is 11.3. The van der Waals surface area contributed by atoms with Crippen molar-refractivity contribution in [1.29, 1.82) is 0 Å². The average molecular weight is 335 g/mol. The third kappa shape index (κ3) is 2.49. The second-order valence-electron chi connectivity index (χ2n) is 6.46. The lowest BCUT2D eigenvalue weighted by Gasteiger charge is -2.31. The van der Waals surface area contributed by atoms with Crippen LogP contribution in [0.5, 0.6) is 0 Å². The van der Waals surface area contributed by atoms with Gasteiger partial charge in [-0.05, 0) is 18.8 Å². The van der Waals surface area contributed by atoms with Crippen molar-refractivity contribution in [3.05, 3.63) is 20.8 Å². The van der Waals surface area contributed by atoms with Gasteiger partial charge >= 0.3 is 11.7 Å². The van der Waals surface area contributed by atoms with Crippen LogP contribution in [-0.4, -0.2) is 42.9 Å². The second-order valence-corrected chi connectivity index (χ2v) is 6.46. The number of piperidine rings is 1. The summed E-state index contributed by atoms with van der Waals surface area (Å²) in [6.07, 6.45) is 2.09. The van der Waals surface area contributed by atoms with Crippen molar-refractivity contribution in [3.63, 3.8) is 0 Å². The predicted octanol–water partition coefficient (Wildman–Crippen LogP) is -0.245. The summed E-state index contributed by atoms with van der Waals surface area (Å²) in [4.78, 5) is 42.4. The molecule has 2 aromatic rings. The van der Waals surface area contributed by atoms with E-state index in [0.29, 0.717) is 11.9 Å². The number of carboxylic acid groups (broad SMARTS) is 1. The number of carboxylic acids is 1. The number of imidazole rings is 1. The van der Waals surface area contributed by atoms with Gasteiger partial charge < -0.3 is 10.0 Å². The van der Waals surface area contributed by atoms with Gasteiger partial charge in [-0.2, -0.15) is 4.98 Å². The zero-order valence-electron chi connectivity index (χ0n) is 14.0. The van der Waals surface area contributed by atoms with Crippen LogP contribution in [0.15, 0.2) is 9.59 Å². The van der Waals surface area contributed by atoms with E-state index in [0.717, 1.165) is 30.5 Å². The van der Waals surface area contributed by atoms with E-state index in [1.54, 1.807) is 0 Å².